The van der Waals surface area contributed by atoms with Crippen molar-refractivity contribution in [2.24, 2.45) is 0 Å². The lowest BCUT2D eigenvalue weighted by molar-refractivity contribution is -0.124. The van der Waals surface area contributed by atoms with E-state index in [0.29, 0.717) is 13.0 Å². The van der Waals surface area contributed by atoms with Crippen LogP contribution in [-0.2, 0) is 16.1 Å². The van der Waals surface area contributed by atoms with Gasteiger partial charge in [0.15, 0.2) is 5.78 Å². The van der Waals surface area contributed by atoms with Crippen LogP contribution in [0.15, 0.2) is 30.3 Å². The Balaban J connectivity index is 1.75. The maximum absolute atomic E-state index is 11.9. The van der Waals surface area contributed by atoms with Crippen LogP contribution >= 0.6 is 0 Å². The van der Waals surface area contributed by atoms with Crippen molar-refractivity contribution in [2.75, 3.05) is 6.61 Å². The molecule has 0 aromatic heterocycles. The molecular formula is C27H46O2. The van der Waals surface area contributed by atoms with Crippen molar-refractivity contribution in [1.29, 1.82) is 0 Å². The Hall–Kier alpha value is -1.15. The maximum atomic E-state index is 11.9. The summed E-state index contributed by atoms with van der Waals surface area (Å²) < 4.78 is 5.51. The van der Waals surface area contributed by atoms with Crippen LogP contribution in [0.3, 0.4) is 0 Å². The summed E-state index contributed by atoms with van der Waals surface area (Å²) in [7, 11) is 0. The van der Waals surface area contributed by atoms with Crippen LogP contribution in [0.1, 0.15) is 122 Å². The smallest absolute Gasteiger partial charge is 0.158 e. The van der Waals surface area contributed by atoms with Gasteiger partial charge in [-0.05, 0) is 12.0 Å². The second-order valence-electron chi connectivity index (χ2n) is 8.57. The molecule has 0 amide bonds. The quantitative estimate of drug-likeness (QED) is 0.193. The third-order valence-electron chi connectivity index (χ3n) is 5.68. The van der Waals surface area contributed by atoms with Gasteiger partial charge in [0.25, 0.3) is 0 Å². The number of carbonyl (C=O) groups is 1. The molecule has 0 unspecified atom stereocenters. The van der Waals surface area contributed by atoms with E-state index in [2.05, 4.69) is 6.92 Å². The molecule has 0 heterocycles. The lowest BCUT2D eigenvalue weighted by Crippen LogP contribution is -2.08. The van der Waals surface area contributed by atoms with Gasteiger partial charge >= 0.3 is 0 Å². The molecule has 0 radical (unpaired) electrons. The lowest BCUT2D eigenvalue weighted by Gasteiger charge is -2.05. The van der Waals surface area contributed by atoms with Gasteiger partial charge in [0, 0.05) is 6.42 Å². The Morgan fingerprint density at radius 2 is 1.10 bits per heavy atom. The summed E-state index contributed by atoms with van der Waals surface area (Å²) in [6.07, 6.45) is 22.5. The van der Waals surface area contributed by atoms with Gasteiger partial charge in [0.05, 0.1) is 6.61 Å². The fraction of sp³-hybridized carbons (Fsp3) is 0.741. The Kier molecular flexibility index (Phi) is 18.0. The average molecular weight is 403 g/mol. The monoisotopic (exact) mass is 402 g/mol. The van der Waals surface area contributed by atoms with Crippen molar-refractivity contribution in [3.63, 3.8) is 0 Å². The Labute approximate surface area is 180 Å². The molecule has 2 heteroatoms. The summed E-state index contributed by atoms with van der Waals surface area (Å²) in [6, 6.07) is 10.0. The van der Waals surface area contributed by atoms with Crippen molar-refractivity contribution in [3.8, 4) is 0 Å². The third kappa shape index (κ3) is 17.4. The minimum Gasteiger partial charge on any atom is -0.369 e. The second-order valence-corrected chi connectivity index (χ2v) is 8.57. The number of benzene rings is 1. The minimum absolute atomic E-state index is 0.242. The zero-order valence-corrected chi connectivity index (χ0v) is 19.1. The SMILES string of the molecule is CCCCCCCCCCCCCCCCCCC(=O)COCc1ccccc1. The van der Waals surface area contributed by atoms with E-state index in [9.17, 15) is 4.79 Å². The standard InChI is InChI=1S/C27H46O2/c1-2-3-4-5-6-7-8-9-10-11-12-13-14-15-16-20-23-27(28)25-29-24-26-21-18-17-19-22-26/h17-19,21-22H,2-16,20,23-25H2,1H3. The molecule has 0 N–H and O–H groups in total. The predicted molar refractivity (Wildman–Crippen MR) is 125 cm³/mol. The van der Waals surface area contributed by atoms with E-state index in [4.69, 9.17) is 4.74 Å². The molecule has 0 saturated carbocycles. The summed E-state index contributed by atoms with van der Waals surface area (Å²) >= 11 is 0. The van der Waals surface area contributed by atoms with Crippen molar-refractivity contribution < 1.29 is 9.53 Å². The van der Waals surface area contributed by atoms with Gasteiger partial charge in [-0.15, -0.1) is 0 Å². The van der Waals surface area contributed by atoms with Crippen molar-refractivity contribution >= 4 is 5.78 Å². The normalized spacial score (nSPS) is 11.1. The molecule has 0 spiro atoms. The molecule has 0 atom stereocenters. The maximum Gasteiger partial charge on any atom is 0.158 e. The van der Waals surface area contributed by atoms with Crippen LogP contribution in [0.25, 0.3) is 0 Å². The number of hydrogen-bond acceptors (Lipinski definition) is 2. The summed E-state index contributed by atoms with van der Waals surface area (Å²) in [5.74, 6) is 0.242. The highest BCUT2D eigenvalue weighted by Gasteiger charge is 2.02. The van der Waals surface area contributed by atoms with Crippen molar-refractivity contribution in [3.05, 3.63) is 35.9 Å². The molecule has 1 aromatic rings. The number of rotatable bonds is 21. The molecule has 2 nitrogen and oxygen atoms in total. The van der Waals surface area contributed by atoms with Crippen LogP contribution in [0.5, 0.6) is 0 Å². The Morgan fingerprint density at radius 3 is 1.59 bits per heavy atom. The van der Waals surface area contributed by atoms with E-state index in [0.717, 1.165) is 12.0 Å². The number of hydrogen-bond donors (Lipinski definition) is 0. The van der Waals surface area contributed by atoms with Gasteiger partial charge in [-0.3, -0.25) is 4.79 Å². The van der Waals surface area contributed by atoms with Crippen LogP contribution in [0.2, 0.25) is 0 Å². The van der Waals surface area contributed by atoms with Crippen LogP contribution < -0.4 is 0 Å². The summed E-state index contributed by atoms with van der Waals surface area (Å²) in [4.78, 5) is 11.9. The van der Waals surface area contributed by atoms with Gasteiger partial charge in [-0.2, -0.15) is 0 Å². The minimum atomic E-state index is 0.242. The van der Waals surface area contributed by atoms with Crippen molar-refractivity contribution in [2.45, 2.75) is 123 Å². The fourth-order valence-electron chi connectivity index (χ4n) is 3.80. The molecule has 1 aromatic carbocycles. The first-order valence-corrected chi connectivity index (χ1v) is 12.5. The summed E-state index contributed by atoms with van der Waals surface area (Å²) in [5.41, 5.74) is 1.13. The first-order chi connectivity index (χ1) is 14.3. The Morgan fingerprint density at radius 1 is 0.655 bits per heavy atom. The van der Waals surface area contributed by atoms with Crippen LogP contribution in [-0.4, -0.2) is 12.4 Å². The van der Waals surface area contributed by atoms with E-state index < -0.39 is 0 Å². The highest BCUT2D eigenvalue weighted by molar-refractivity contribution is 5.79. The van der Waals surface area contributed by atoms with E-state index in [1.54, 1.807) is 0 Å². The highest BCUT2D eigenvalue weighted by atomic mass is 16.5. The number of carbonyl (C=O) groups excluding carboxylic acids is 1. The first kappa shape index (κ1) is 25.9. The molecule has 0 aliphatic carbocycles. The van der Waals surface area contributed by atoms with Gasteiger partial charge in [-0.25, -0.2) is 0 Å². The zero-order chi connectivity index (χ0) is 20.8. The molecule has 0 aliphatic heterocycles. The Bertz CT molecular complexity index is 469. The topological polar surface area (TPSA) is 26.3 Å². The van der Waals surface area contributed by atoms with E-state index in [1.807, 2.05) is 30.3 Å². The molecule has 0 fully saturated rings. The fourth-order valence-corrected chi connectivity index (χ4v) is 3.80. The van der Waals surface area contributed by atoms with Gasteiger partial charge < -0.3 is 4.74 Å². The lowest BCUT2D eigenvalue weighted by atomic mass is 10.0. The van der Waals surface area contributed by atoms with Gasteiger partial charge in [0.2, 0.25) is 0 Å². The number of ether oxygens (including phenoxy) is 1. The van der Waals surface area contributed by atoms with E-state index >= 15 is 0 Å². The van der Waals surface area contributed by atoms with Gasteiger partial charge in [-0.1, -0.05) is 134 Å². The molecule has 0 bridgehead atoms. The molecule has 0 aliphatic rings. The zero-order valence-electron chi connectivity index (χ0n) is 19.1. The number of unbranched alkanes of at least 4 members (excludes halogenated alkanes) is 15. The van der Waals surface area contributed by atoms with Crippen LogP contribution in [0.4, 0.5) is 0 Å². The molecule has 166 valence electrons. The average Bonchev–Trinajstić information content (AvgIpc) is 2.74. The highest BCUT2D eigenvalue weighted by Crippen LogP contribution is 2.14. The molecule has 1 rings (SSSR count). The second kappa shape index (κ2) is 20.1. The third-order valence-corrected chi connectivity index (χ3v) is 5.68. The molecule has 0 saturated heterocycles. The molecule has 29 heavy (non-hydrogen) atoms. The molecular weight excluding hydrogens is 356 g/mol. The first-order valence-electron chi connectivity index (χ1n) is 12.5. The van der Waals surface area contributed by atoms with Crippen LogP contribution in [0, 0.1) is 0 Å². The van der Waals surface area contributed by atoms with Crippen molar-refractivity contribution in [1.82, 2.24) is 0 Å². The largest absolute Gasteiger partial charge is 0.369 e. The summed E-state index contributed by atoms with van der Waals surface area (Å²) in [6.45, 7) is 3.07. The number of ketones is 1. The predicted octanol–water partition coefficient (Wildman–Crippen LogP) is 8.42. The van der Waals surface area contributed by atoms with Gasteiger partial charge in [0.1, 0.15) is 6.61 Å². The summed E-state index contributed by atoms with van der Waals surface area (Å²) in [5, 5.41) is 0. The van der Waals surface area contributed by atoms with E-state index in [1.165, 1.54) is 96.3 Å². The number of Topliss-reactive ketones (excluding diaryl/α,β-unsaturated/α-hetero) is 1. The van der Waals surface area contributed by atoms with E-state index in [-0.39, 0.29) is 12.4 Å².